The molecule has 0 amide bonds. The molecule has 0 atom stereocenters. The van der Waals surface area contributed by atoms with Crippen LogP contribution in [0.4, 0.5) is 12.6 Å². The summed E-state index contributed by atoms with van der Waals surface area (Å²) in [4.78, 5) is 0. The van der Waals surface area contributed by atoms with Crippen molar-refractivity contribution in [2.24, 2.45) is 35.5 Å². The van der Waals surface area contributed by atoms with Gasteiger partial charge in [0, 0.05) is 19.9 Å². The standard InChI is InChI=1S/C28H34P.C16H34P.C10H13F3P.3CH4/c1-23(2)25-20-18-24(19-21-25)22-29(26-12-6-3-7-13-26,27-14-8-4-9-15-27)28-16-10-5-11-17-28;1-6-17(7-2,8-3)13-15-9-11-16(12-10-15)14(4)5;1-8(2)10-5-3-9(4-6-10)7-14(11,12)13;;;/h3-17,23-25H,18-22H2,1-2H3;14-16H,6-13H2,1-5H3;3-6,8H,7H2,1-2H3;3*1H4/q3*+1;;;. The SMILES string of the molecule is C.C.C.CC(C)C1CCC(C[P+](c2ccccc2)(c2ccccc2)c2ccccc2)CC1.CC(C)c1ccc(C[P+](F)(F)F)cc1.CC[P+](CC)(CC)CC1CCC(C(C)C)CC1. The first-order chi connectivity index (χ1) is 28.6. The minimum absolute atomic E-state index is 0. The maximum atomic E-state index is 12.1. The van der Waals surface area contributed by atoms with E-state index in [0.717, 1.165) is 41.1 Å². The van der Waals surface area contributed by atoms with Crippen LogP contribution in [-0.4, -0.2) is 30.8 Å². The van der Waals surface area contributed by atoms with E-state index in [4.69, 9.17) is 0 Å². The van der Waals surface area contributed by atoms with Gasteiger partial charge in [0.05, 0.1) is 30.8 Å². The Morgan fingerprint density at radius 1 is 0.460 bits per heavy atom. The van der Waals surface area contributed by atoms with E-state index in [2.05, 4.69) is 139 Å². The fourth-order valence-electron chi connectivity index (χ4n) is 10.1. The topological polar surface area (TPSA) is 0 Å². The molecule has 0 saturated heterocycles. The molecule has 0 heterocycles. The van der Waals surface area contributed by atoms with Gasteiger partial charge in [-0.25, -0.2) is 0 Å². The van der Waals surface area contributed by atoms with E-state index in [1.165, 1.54) is 91.9 Å². The molecule has 0 radical (unpaired) electrons. The summed E-state index contributed by atoms with van der Waals surface area (Å²) >= 11 is 0. The van der Waals surface area contributed by atoms with Gasteiger partial charge in [-0.05, 0) is 161 Å². The van der Waals surface area contributed by atoms with Crippen LogP contribution in [0.3, 0.4) is 0 Å². The summed E-state index contributed by atoms with van der Waals surface area (Å²) in [6.45, 7) is 21.0. The molecule has 6 heteroatoms. The smallest absolute Gasteiger partial charge is 0.0776 e. The summed E-state index contributed by atoms with van der Waals surface area (Å²) in [6, 6.07) is 40.8. The Morgan fingerprint density at radius 3 is 1.08 bits per heavy atom. The molecular weight excluding hydrogens is 835 g/mol. The van der Waals surface area contributed by atoms with Crippen molar-refractivity contribution in [3.05, 3.63) is 126 Å². The van der Waals surface area contributed by atoms with E-state index in [9.17, 15) is 12.6 Å². The highest BCUT2D eigenvalue weighted by molar-refractivity contribution is 7.95. The zero-order valence-corrected chi connectivity index (χ0v) is 41.6. The van der Waals surface area contributed by atoms with Crippen molar-refractivity contribution < 1.29 is 12.6 Å². The van der Waals surface area contributed by atoms with Crippen LogP contribution in [0.15, 0.2) is 115 Å². The van der Waals surface area contributed by atoms with Gasteiger partial charge in [0.15, 0.2) is 6.16 Å². The lowest BCUT2D eigenvalue weighted by atomic mass is 9.77. The van der Waals surface area contributed by atoms with Crippen molar-refractivity contribution in [1.82, 2.24) is 0 Å². The highest BCUT2D eigenvalue weighted by Gasteiger charge is 2.47. The van der Waals surface area contributed by atoms with Crippen LogP contribution < -0.4 is 15.9 Å². The predicted molar refractivity (Wildman–Crippen MR) is 289 cm³/mol. The van der Waals surface area contributed by atoms with Crippen LogP contribution in [0.25, 0.3) is 0 Å². The van der Waals surface area contributed by atoms with E-state index >= 15 is 0 Å². The van der Waals surface area contributed by atoms with Gasteiger partial charge in [-0.1, -0.05) is 143 Å². The minimum Gasteiger partial charge on any atom is -0.0776 e. The normalized spacial score (nSPS) is 19.0. The first-order valence-electron chi connectivity index (χ1n) is 23.6. The fourth-order valence-corrected chi connectivity index (χ4v) is 19.0. The third-order valence-corrected chi connectivity index (χ3v) is 25.1. The number of halogens is 3. The zero-order valence-electron chi connectivity index (χ0n) is 38.9. The molecule has 4 aromatic rings. The summed E-state index contributed by atoms with van der Waals surface area (Å²) < 4.78 is 36.3. The largest absolute Gasteiger partial charge is 0.573 e. The molecule has 0 nitrogen and oxygen atoms in total. The van der Waals surface area contributed by atoms with Crippen LogP contribution >= 0.6 is 22.7 Å². The number of hydrogen-bond acceptors (Lipinski definition) is 0. The van der Waals surface area contributed by atoms with Gasteiger partial charge in [0.2, 0.25) is 0 Å². The summed E-state index contributed by atoms with van der Waals surface area (Å²) in [5, 5.41) is 4.59. The molecule has 63 heavy (non-hydrogen) atoms. The monoisotopic (exact) mass is 928 g/mol. The molecule has 6 rings (SSSR count). The molecule has 4 aromatic carbocycles. The molecule has 0 aliphatic heterocycles. The van der Waals surface area contributed by atoms with Gasteiger partial charge in [-0.3, -0.25) is 0 Å². The fraction of sp³-hybridized carbons (Fsp3) is 0.579. The van der Waals surface area contributed by atoms with Crippen molar-refractivity contribution in [3.63, 3.8) is 0 Å². The van der Waals surface area contributed by atoms with Gasteiger partial charge in [0.1, 0.15) is 23.2 Å². The molecule has 0 unspecified atom stereocenters. The van der Waals surface area contributed by atoms with Crippen LogP contribution in [0.1, 0.15) is 153 Å². The molecule has 354 valence electrons. The number of rotatable bonds is 15. The highest BCUT2D eigenvalue weighted by atomic mass is 31.3. The average molecular weight is 928 g/mol. The highest BCUT2D eigenvalue weighted by Crippen LogP contribution is 2.66. The Bertz CT molecular complexity index is 1610. The Kier molecular flexibility index (Phi) is 27.0. The van der Waals surface area contributed by atoms with Gasteiger partial charge in [-0.15, -0.1) is 0 Å². The molecule has 0 N–H and O–H groups in total. The molecule has 0 bridgehead atoms. The maximum absolute atomic E-state index is 12.1. The third kappa shape index (κ3) is 17.9. The second kappa shape index (κ2) is 28.9. The Morgan fingerprint density at radius 2 is 0.794 bits per heavy atom. The molecule has 2 aliphatic rings. The minimum atomic E-state index is -5.18. The van der Waals surface area contributed by atoms with Gasteiger partial charge < -0.3 is 0 Å². The summed E-state index contributed by atoms with van der Waals surface area (Å²) in [7, 11) is -7.39. The summed E-state index contributed by atoms with van der Waals surface area (Å²) in [5.41, 5.74) is 1.45. The van der Waals surface area contributed by atoms with Crippen molar-refractivity contribution in [3.8, 4) is 0 Å². The van der Waals surface area contributed by atoms with Crippen molar-refractivity contribution in [2.45, 2.75) is 148 Å². The van der Waals surface area contributed by atoms with E-state index < -0.39 is 28.9 Å². The molecule has 2 saturated carbocycles. The molecule has 0 aromatic heterocycles. The van der Waals surface area contributed by atoms with Crippen molar-refractivity contribution in [1.29, 1.82) is 0 Å². The Hall–Kier alpha value is -2.04. The van der Waals surface area contributed by atoms with Crippen molar-refractivity contribution in [2.75, 3.05) is 30.8 Å². The maximum Gasteiger partial charge on any atom is 0.573 e. The first kappa shape index (κ1) is 59.0. The quantitative estimate of drug-likeness (QED) is 0.104. The average Bonchev–Trinajstić information content (AvgIpc) is 3.26. The molecular formula is C57H93F3P3+3. The lowest BCUT2D eigenvalue weighted by Crippen LogP contribution is -2.36. The van der Waals surface area contributed by atoms with Gasteiger partial charge in [-0.2, -0.15) is 0 Å². The van der Waals surface area contributed by atoms with Crippen LogP contribution in [0, 0.1) is 35.5 Å². The van der Waals surface area contributed by atoms with Crippen LogP contribution in [-0.2, 0) is 6.16 Å². The van der Waals surface area contributed by atoms with Gasteiger partial charge >= 0.3 is 8.19 Å². The second-order valence-electron chi connectivity index (χ2n) is 19.1. The third-order valence-electron chi connectivity index (χ3n) is 14.5. The number of hydrogen-bond donors (Lipinski definition) is 0. The predicted octanol–water partition coefficient (Wildman–Crippen LogP) is 18.9. The lowest BCUT2D eigenvalue weighted by Gasteiger charge is -2.35. The lowest BCUT2D eigenvalue weighted by molar-refractivity contribution is 0.236. The Balaban J connectivity index is 0.000000503. The first-order valence-corrected chi connectivity index (χ1v) is 29.8. The van der Waals surface area contributed by atoms with E-state index in [-0.39, 0.29) is 22.3 Å². The zero-order chi connectivity index (χ0) is 43.8. The Labute approximate surface area is 390 Å². The van der Waals surface area contributed by atoms with E-state index in [0.29, 0.717) is 11.5 Å². The number of benzene rings is 4. The molecule has 2 aliphatic carbocycles. The van der Waals surface area contributed by atoms with Crippen LogP contribution in [0.2, 0.25) is 0 Å². The van der Waals surface area contributed by atoms with Gasteiger partial charge in [0.25, 0.3) is 0 Å². The summed E-state index contributed by atoms with van der Waals surface area (Å²) in [6.07, 6.45) is 18.3. The van der Waals surface area contributed by atoms with E-state index in [1.54, 1.807) is 30.4 Å². The van der Waals surface area contributed by atoms with E-state index in [1.807, 2.05) is 13.8 Å². The second-order valence-corrected chi connectivity index (χ2v) is 29.0. The van der Waals surface area contributed by atoms with Crippen molar-refractivity contribution >= 4 is 38.6 Å². The summed E-state index contributed by atoms with van der Waals surface area (Å²) in [5.74, 6) is 5.96. The molecule has 2 fully saturated rings. The van der Waals surface area contributed by atoms with Crippen LogP contribution in [0.5, 0.6) is 0 Å². The molecule has 0 spiro atoms.